The summed E-state index contributed by atoms with van der Waals surface area (Å²) in [6.07, 6.45) is 0.669. The topological polar surface area (TPSA) is 84.9 Å². The van der Waals surface area contributed by atoms with Gasteiger partial charge in [-0.3, -0.25) is 4.79 Å². The van der Waals surface area contributed by atoms with Crippen molar-refractivity contribution in [2.75, 3.05) is 26.1 Å². The number of anilines is 1. The number of rotatable bonds is 6. The van der Waals surface area contributed by atoms with E-state index in [-0.39, 0.29) is 9.92 Å². The van der Waals surface area contributed by atoms with Gasteiger partial charge in [0, 0.05) is 30.8 Å². The molecule has 0 saturated carbocycles. The van der Waals surface area contributed by atoms with Crippen LogP contribution in [0.3, 0.4) is 0 Å². The summed E-state index contributed by atoms with van der Waals surface area (Å²) in [4.78, 5) is 12.9. The Kier molecular flexibility index (Phi) is 6.60. The van der Waals surface area contributed by atoms with Crippen LogP contribution >= 0.6 is 11.6 Å². The first kappa shape index (κ1) is 23.1. The number of fused-ring (bicyclic) bond motifs is 1. The number of amides is 1. The molecule has 3 aromatic rings. The summed E-state index contributed by atoms with van der Waals surface area (Å²) in [6.45, 7) is 0.748. The van der Waals surface area contributed by atoms with Crippen molar-refractivity contribution in [3.8, 4) is 11.5 Å². The summed E-state index contributed by atoms with van der Waals surface area (Å²) in [6, 6.07) is 16.8. The van der Waals surface area contributed by atoms with Gasteiger partial charge in [0.05, 0.1) is 29.8 Å². The Morgan fingerprint density at radius 1 is 0.970 bits per heavy atom. The van der Waals surface area contributed by atoms with Gasteiger partial charge < -0.3 is 14.8 Å². The van der Waals surface area contributed by atoms with E-state index in [9.17, 15) is 13.2 Å². The lowest BCUT2D eigenvalue weighted by atomic mass is 10.0. The molecule has 0 radical (unpaired) electrons. The molecule has 0 atom stereocenters. The Hall–Kier alpha value is -3.07. The quantitative estimate of drug-likeness (QED) is 0.559. The number of nitrogens with one attached hydrogen (secondary N) is 1. The molecule has 0 saturated heterocycles. The molecule has 0 aromatic heterocycles. The summed E-state index contributed by atoms with van der Waals surface area (Å²) >= 11 is 6.24. The van der Waals surface area contributed by atoms with Gasteiger partial charge in [0.15, 0.2) is 11.5 Å². The molecule has 7 nitrogen and oxygen atoms in total. The van der Waals surface area contributed by atoms with Crippen molar-refractivity contribution < 1.29 is 22.7 Å². The number of halogens is 1. The maximum atomic E-state index is 13.1. The molecule has 1 amide bonds. The molecule has 4 rings (SSSR count). The molecular weight excluding hydrogens is 464 g/mol. The van der Waals surface area contributed by atoms with Gasteiger partial charge in [-0.25, -0.2) is 8.42 Å². The highest BCUT2D eigenvalue weighted by Gasteiger charge is 2.28. The summed E-state index contributed by atoms with van der Waals surface area (Å²) in [5.74, 6) is 0.428. The summed E-state index contributed by atoms with van der Waals surface area (Å²) < 4.78 is 38.2. The third-order valence-corrected chi connectivity index (χ3v) is 7.74. The van der Waals surface area contributed by atoms with Crippen LogP contribution in [0, 0.1) is 0 Å². The minimum Gasteiger partial charge on any atom is -0.493 e. The highest BCUT2D eigenvalue weighted by Crippen LogP contribution is 2.36. The minimum absolute atomic E-state index is 0.141. The van der Waals surface area contributed by atoms with Crippen LogP contribution in [0.25, 0.3) is 0 Å². The molecule has 9 heteroatoms. The number of hydrogen-bond donors (Lipinski definition) is 1. The molecule has 1 N–H and O–H groups in total. The lowest BCUT2D eigenvalue weighted by Gasteiger charge is -2.28. The van der Waals surface area contributed by atoms with Gasteiger partial charge in [-0.2, -0.15) is 4.31 Å². The van der Waals surface area contributed by atoms with Crippen LogP contribution in [0.2, 0.25) is 5.02 Å². The van der Waals surface area contributed by atoms with Gasteiger partial charge in [-0.1, -0.05) is 35.9 Å². The van der Waals surface area contributed by atoms with E-state index >= 15 is 0 Å². The number of ether oxygens (including phenoxy) is 2. The molecule has 0 bridgehead atoms. The van der Waals surface area contributed by atoms with E-state index in [4.69, 9.17) is 21.1 Å². The normalized spacial score (nSPS) is 13.8. The third-order valence-electron chi connectivity index (χ3n) is 5.57. The van der Waals surface area contributed by atoms with Crippen LogP contribution in [-0.4, -0.2) is 39.4 Å². The number of hydrogen-bond acceptors (Lipinski definition) is 5. The van der Waals surface area contributed by atoms with Crippen molar-refractivity contribution in [3.63, 3.8) is 0 Å². The monoisotopic (exact) mass is 486 g/mol. The van der Waals surface area contributed by atoms with Crippen molar-refractivity contribution in [1.82, 2.24) is 4.31 Å². The SMILES string of the molecule is COc1cc(Cl)c(NC(=O)c2ccc(S(=O)(=O)N3CCc4ccccc4C3)cc2)cc1OC. The number of nitrogens with zero attached hydrogens (tertiary/aromatic N) is 1. The maximum absolute atomic E-state index is 13.1. The fourth-order valence-electron chi connectivity index (χ4n) is 3.75. The first-order valence-corrected chi connectivity index (χ1v) is 12.0. The van der Waals surface area contributed by atoms with Crippen molar-refractivity contribution >= 4 is 33.2 Å². The summed E-state index contributed by atoms with van der Waals surface area (Å²) in [7, 11) is -0.705. The van der Waals surface area contributed by atoms with E-state index < -0.39 is 15.9 Å². The number of carbonyl (C=O) groups is 1. The molecule has 0 aliphatic carbocycles. The zero-order chi connectivity index (χ0) is 23.6. The van der Waals surface area contributed by atoms with Crippen molar-refractivity contribution in [3.05, 3.63) is 82.4 Å². The molecule has 3 aromatic carbocycles. The Bertz CT molecular complexity index is 1290. The van der Waals surface area contributed by atoms with Crippen LogP contribution in [0.4, 0.5) is 5.69 Å². The molecular formula is C24H23ClN2O5S. The zero-order valence-corrected chi connectivity index (χ0v) is 19.7. The third kappa shape index (κ3) is 4.68. The summed E-state index contributed by atoms with van der Waals surface area (Å²) in [5, 5.41) is 3.00. The Balaban J connectivity index is 1.51. The molecule has 33 heavy (non-hydrogen) atoms. The lowest BCUT2D eigenvalue weighted by molar-refractivity contribution is 0.102. The van der Waals surface area contributed by atoms with E-state index in [1.165, 1.54) is 48.4 Å². The summed E-state index contributed by atoms with van der Waals surface area (Å²) in [5.41, 5.74) is 2.83. The fourth-order valence-corrected chi connectivity index (χ4v) is 5.37. The molecule has 172 valence electrons. The Labute approximate surface area is 197 Å². The van der Waals surface area contributed by atoms with Crippen LogP contribution in [0.15, 0.2) is 65.6 Å². The molecule has 1 aliphatic rings. The average molecular weight is 487 g/mol. The largest absolute Gasteiger partial charge is 0.493 e. The second-order valence-electron chi connectivity index (χ2n) is 7.52. The van der Waals surface area contributed by atoms with E-state index in [2.05, 4.69) is 5.32 Å². The molecule has 0 fully saturated rings. The number of sulfonamides is 1. The number of methoxy groups -OCH3 is 2. The number of benzene rings is 3. The van der Waals surface area contributed by atoms with Gasteiger partial charge >= 0.3 is 0 Å². The van der Waals surface area contributed by atoms with Crippen molar-refractivity contribution in [1.29, 1.82) is 0 Å². The second kappa shape index (κ2) is 9.43. The molecule has 0 unspecified atom stereocenters. The molecule has 1 aliphatic heterocycles. The van der Waals surface area contributed by atoms with Gasteiger partial charge in [-0.05, 0) is 41.8 Å². The highest BCUT2D eigenvalue weighted by molar-refractivity contribution is 7.89. The van der Waals surface area contributed by atoms with Crippen LogP contribution in [0.5, 0.6) is 11.5 Å². The first-order chi connectivity index (χ1) is 15.8. The Morgan fingerprint density at radius 3 is 2.27 bits per heavy atom. The van der Waals surface area contributed by atoms with Gasteiger partial charge in [0.25, 0.3) is 5.91 Å². The van der Waals surface area contributed by atoms with E-state index in [1.54, 1.807) is 12.1 Å². The van der Waals surface area contributed by atoms with E-state index in [1.807, 2.05) is 24.3 Å². The van der Waals surface area contributed by atoms with Crippen molar-refractivity contribution in [2.24, 2.45) is 0 Å². The first-order valence-electron chi connectivity index (χ1n) is 10.2. The smallest absolute Gasteiger partial charge is 0.255 e. The molecule has 0 spiro atoms. The van der Waals surface area contributed by atoms with Gasteiger partial charge in [0.1, 0.15) is 0 Å². The Morgan fingerprint density at radius 2 is 1.61 bits per heavy atom. The van der Waals surface area contributed by atoms with E-state index in [0.29, 0.717) is 42.3 Å². The minimum atomic E-state index is -3.68. The van der Waals surface area contributed by atoms with Crippen molar-refractivity contribution in [2.45, 2.75) is 17.9 Å². The second-order valence-corrected chi connectivity index (χ2v) is 9.87. The lowest BCUT2D eigenvalue weighted by Crippen LogP contribution is -2.35. The van der Waals surface area contributed by atoms with E-state index in [0.717, 1.165) is 5.56 Å². The van der Waals surface area contributed by atoms with Crippen LogP contribution < -0.4 is 14.8 Å². The predicted octanol–water partition coefficient (Wildman–Crippen LogP) is 4.36. The molecule has 1 heterocycles. The maximum Gasteiger partial charge on any atom is 0.255 e. The number of carbonyl (C=O) groups excluding carboxylic acids is 1. The van der Waals surface area contributed by atoms with Gasteiger partial charge in [0.2, 0.25) is 10.0 Å². The highest BCUT2D eigenvalue weighted by atomic mass is 35.5. The van der Waals surface area contributed by atoms with Crippen LogP contribution in [0.1, 0.15) is 21.5 Å². The fraction of sp³-hybridized carbons (Fsp3) is 0.208. The predicted molar refractivity (Wildman–Crippen MR) is 127 cm³/mol. The van der Waals surface area contributed by atoms with Gasteiger partial charge in [-0.15, -0.1) is 0 Å². The standard InChI is InChI=1S/C24H23ClN2O5S/c1-31-22-13-20(25)21(14-23(22)32-2)26-24(28)17-7-9-19(10-8-17)33(29,30)27-12-11-16-5-3-4-6-18(16)15-27/h3-10,13-14H,11-12,15H2,1-2H3,(H,26,28). The van der Waals surface area contributed by atoms with Crippen LogP contribution in [-0.2, 0) is 23.0 Å². The average Bonchev–Trinajstić information content (AvgIpc) is 2.84. The zero-order valence-electron chi connectivity index (χ0n) is 18.2.